The topological polar surface area (TPSA) is 73.6 Å². The normalized spacial score (nSPS) is 11.8. The van der Waals surface area contributed by atoms with E-state index in [1.54, 1.807) is 6.08 Å². The van der Waals surface area contributed by atoms with Crippen LogP contribution in [0.15, 0.2) is 29.8 Å². The number of ether oxygens (including phenoxy) is 1. The Kier molecular flexibility index (Phi) is 9.55. The number of nitrogens with zero attached hydrogens (tertiary/aromatic N) is 3. The van der Waals surface area contributed by atoms with E-state index in [1.807, 2.05) is 44.4 Å². The molecule has 0 unspecified atom stereocenters. The fourth-order valence-electron chi connectivity index (χ4n) is 2.79. The van der Waals surface area contributed by atoms with Gasteiger partial charge in [0.1, 0.15) is 18.2 Å². The predicted octanol–water partition coefficient (Wildman–Crippen LogP) is 2.44. The van der Waals surface area contributed by atoms with Crippen molar-refractivity contribution in [1.29, 1.82) is 5.26 Å². The summed E-state index contributed by atoms with van der Waals surface area (Å²) in [6, 6.07) is 9.69. The first-order valence-electron chi connectivity index (χ1n) is 9.43. The van der Waals surface area contributed by atoms with Gasteiger partial charge in [-0.1, -0.05) is 12.1 Å². The van der Waals surface area contributed by atoms with Crippen LogP contribution < -0.4 is 4.90 Å². The van der Waals surface area contributed by atoms with Gasteiger partial charge in [0.25, 0.3) is 0 Å². The van der Waals surface area contributed by atoms with Gasteiger partial charge in [-0.3, -0.25) is 0 Å². The lowest BCUT2D eigenvalue weighted by Gasteiger charge is -2.28. The number of aliphatic hydroxyl groups excluding tert-OH is 1. The highest BCUT2D eigenvalue weighted by Crippen LogP contribution is 2.17. The van der Waals surface area contributed by atoms with Crippen molar-refractivity contribution in [1.82, 2.24) is 0 Å². The van der Waals surface area contributed by atoms with E-state index >= 15 is 0 Å². The lowest BCUT2D eigenvalue weighted by molar-refractivity contribution is -0.890. The molecular weight excluding hydrogens is 342 g/mol. The average molecular weight is 375 g/mol. The summed E-state index contributed by atoms with van der Waals surface area (Å²) in [4.78, 5) is 14.4. The largest absolute Gasteiger partial charge is 0.461 e. The second kappa shape index (κ2) is 11.4. The molecule has 0 aliphatic heterocycles. The number of hydrogen-bond donors (Lipinski definition) is 1. The van der Waals surface area contributed by atoms with Crippen molar-refractivity contribution >= 4 is 17.7 Å². The molecule has 148 valence electrons. The third-order valence-electron chi connectivity index (χ3n) is 4.52. The maximum absolute atomic E-state index is 12.1. The van der Waals surface area contributed by atoms with Crippen molar-refractivity contribution in [3.8, 4) is 6.07 Å². The average Bonchev–Trinajstić information content (AvgIpc) is 2.65. The summed E-state index contributed by atoms with van der Waals surface area (Å²) in [7, 11) is 4.03. The molecule has 0 fully saturated rings. The summed E-state index contributed by atoms with van der Waals surface area (Å²) in [5.41, 5.74) is 1.90. The van der Waals surface area contributed by atoms with E-state index in [9.17, 15) is 10.1 Å². The van der Waals surface area contributed by atoms with Crippen LogP contribution in [-0.2, 0) is 9.53 Å². The molecule has 0 amide bonds. The summed E-state index contributed by atoms with van der Waals surface area (Å²) >= 11 is 0. The van der Waals surface area contributed by atoms with Crippen molar-refractivity contribution in [3.05, 3.63) is 35.4 Å². The highest BCUT2D eigenvalue weighted by molar-refractivity contribution is 5.97. The van der Waals surface area contributed by atoms with Crippen molar-refractivity contribution in [3.63, 3.8) is 0 Å². The Balaban J connectivity index is 2.63. The third kappa shape index (κ3) is 7.81. The summed E-state index contributed by atoms with van der Waals surface area (Å²) in [6.07, 6.45) is 2.23. The first-order chi connectivity index (χ1) is 12.9. The van der Waals surface area contributed by atoms with E-state index in [2.05, 4.69) is 18.7 Å². The SMILES string of the molecule is CCN(CC)c1ccc(/C=C(\C#N)C(=O)OCCC[N+](C)(C)CCO)cc1. The molecule has 0 heterocycles. The number of likely N-dealkylation sites (N-methyl/N-ethyl adjacent to an activating group) is 1. The van der Waals surface area contributed by atoms with Crippen LogP contribution in [0, 0.1) is 11.3 Å². The molecule has 0 radical (unpaired) electrons. The molecule has 0 aromatic heterocycles. The monoisotopic (exact) mass is 374 g/mol. The van der Waals surface area contributed by atoms with Gasteiger partial charge in [0.15, 0.2) is 0 Å². The second-order valence-electron chi connectivity index (χ2n) is 7.03. The summed E-state index contributed by atoms with van der Waals surface area (Å²) in [5.74, 6) is -0.599. The van der Waals surface area contributed by atoms with Gasteiger partial charge in [0, 0.05) is 25.2 Å². The van der Waals surface area contributed by atoms with Crippen LogP contribution in [-0.4, -0.2) is 69.0 Å². The van der Waals surface area contributed by atoms with E-state index in [0.29, 0.717) is 17.4 Å². The van der Waals surface area contributed by atoms with E-state index in [4.69, 9.17) is 9.84 Å². The van der Waals surface area contributed by atoms with Crippen molar-refractivity contribution in [2.24, 2.45) is 0 Å². The van der Waals surface area contributed by atoms with Crippen molar-refractivity contribution in [2.45, 2.75) is 20.3 Å². The van der Waals surface area contributed by atoms with E-state index in [1.165, 1.54) is 0 Å². The van der Waals surface area contributed by atoms with E-state index in [-0.39, 0.29) is 18.8 Å². The number of aliphatic hydroxyl groups is 1. The molecule has 1 N–H and O–H groups in total. The molecule has 6 nitrogen and oxygen atoms in total. The number of quaternary nitrogens is 1. The first-order valence-corrected chi connectivity index (χ1v) is 9.43. The van der Waals surface area contributed by atoms with Gasteiger partial charge in [-0.2, -0.15) is 5.26 Å². The van der Waals surface area contributed by atoms with Crippen LogP contribution in [0.2, 0.25) is 0 Å². The number of hydrogen-bond acceptors (Lipinski definition) is 5. The molecule has 0 aliphatic carbocycles. The molecule has 0 spiro atoms. The van der Waals surface area contributed by atoms with E-state index in [0.717, 1.165) is 30.9 Å². The number of benzene rings is 1. The highest BCUT2D eigenvalue weighted by atomic mass is 16.5. The Morgan fingerprint density at radius 2 is 1.85 bits per heavy atom. The summed E-state index contributed by atoms with van der Waals surface area (Å²) < 4.78 is 5.89. The number of esters is 1. The van der Waals surface area contributed by atoms with Gasteiger partial charge in [-0.15, -0.1) is 0 Å². The fraction of sp³-hybridized carbons (Fsp3) is 0.524. The predicted molar refractivity (Wildman–Crippen MR) is 108 cm³/mol. The molecule has 1 aromatic carbocycles. The minimum Gasteiger partial charge on any atom is -0.461 e. The molecule has 6 heteroatoms. The molecule has 0 saturated carbocycles. The van der Waals surface area contributed by atoms with Crippen LogP contribution >= 0.6 is 0 Å². The number of anilines is 1. The number of rotatable bonds is 11. The minimum atomic E-state index is -0.599. The van der Waals surface area contributed by atoms with E-state index < -0.39 is 5.97 Å². The van der Waals surface area contributed by atoms with Crippen LogP contribution in [0.25, 0.3) is 6.08 Å². The smallest absolute Gasteiger partial charge is 0.348 e. The van der Waals surface area contributed by atoms with Gasteiger partial charge >= 0.3 is 5.97 Å². The highest BCUT2D eigenvalue weighted by Gasteiger charge is 2.15. The Morgan fingerprint density at radius 3 is 2.37 bits per heavy atom. The molecule has 0 saturated heterocycles. The van der Waals surface area contributed by atoms with Gasteiger partial charge in [-0.25, -0.2) is 4.79 Å². The quantitative estimate of drug-likeness (QED) is 0.212. The Hall–Kier alpha value is -2.36. The van der Waals surface area contributed by atoms with Gasteiger partial charge in [0.2, 0.25) is 0 Å². The molecule has 0 bridgehead atoms. The maximum Gasteiger partial charge on any atom is 0.348 e. The first kappa shape index (κ1) is 22.7. The number of nitriles is 1. The number of carbonyl (C=O) groups is 1. The molecular formula is C21H32N3O3+. The second-order valence-corrected chi connectivity index (χ2v) is 7.03. The standard InChI is InChI=1S/C21H32N3O3/c1-5-23(6-2)20-10-8-18(9-11-20)16-19(17-22)21(26)27-15-7-12-24(3,4)13-14-25/h8-11,16,25H,5-7,12-15H2,1-4H3/q+1/b19-16+. The molecule has 1 aromatic rings. The van der Waals surface area contributed by atoms with Gasteiger partial charge < -0.3 is 19.2 Å². The van der Waals surface area contributed by atoms with Crippen LogP contribution in [0.5, 0.6) is 0 Å². The molecule has 0 aliphatic rings. The van der Waals surface area contributed by atoms with Crippen molar-refractivity contribution in [2.75, 3.05) is 58.4 Å². The van der Waals surface area contributed by atoms with Crippen LogP contribution in [0.4, 0.5) is 5.69 Å². The van der Waals surface area contributed by atoms with Gasteiger partial charge in [0.05, 0.1) is 33.9 Å². The molecule has 27 heavy (non-hydrogen) atoms. The third-order valence-corrected chi connectivity index (χ3v) is 4.52. The Labute approximate surface area is 162 Å². The lowest BCUT2D eigenvalue weighted by atomic mass is 10.1. The Bertz CT molecular complexity index is 656. The Morgan fingerprint density at radius 1 is 1.22 bits per heavy atom. The van der Waals surface area contributed by atoms with Crippen LogP contribution in [0.1, 0.15) is 25.8 Å². The molecule has 1 rings (SSSR count). The summed E-state index contributed by atoms with van der Waals surface area (Å²) in [5, 5.41) is 18.3. The molecule has 0 atom stereocenters. The fourth-order valence-corrected chi connectivity index (χ4v) is 2.79. The van der Waals surface area contributed by atoms with Gasteiger partial charge in [-0.05, 0) is 37.6 Å². The maximum atomic E-state index is 12.1. The zero-order chi connectivity index (χ0) is 20.3. The van der Waals surface area contributed by atoms with Crippen LogP contribution in [0.3, 0.4) is 0 Å². The summed E-state index contributed by atoms with van der Waals surface area (Å²) in [6.45, 7) is 7.88. The van der Waals surface area contributed by atoms with Crippen molar-refractivity contribution < 1.29 is 19.1 Å². The zero-order valence-electron chi connectivity index (χ0n) is 16.9. The minimum absolute atomic E-state index is 0.00491. The number of carbonyl (C=O) groups excluding carboxylic acids is 1. The zero-order valence-corrected chi connectivity index (χ0v) is 16.9. The lowest BCUT2D eigenvalue weighted by Crippen LogP contribution is -2.43.